The lowest BCUT2D eigenvalue weighted by atomic mass is 10.1. The zero-order chi connectivity index (χ0) is 20.7. The predicted molar refractivity (Wildman–Crippen MR) is 101 cm³/mol. The normalized spacial score (nSPS) is 11.4. The Morgan fingerprint density at radius 3 is 2.29 bits per heavy atom. The van der Waals surface area contributed by atoms with Crippen LogP contribution in [0.4, 0.5) is 4.39 Å². The molecule has 2 aromatic rings. The lowest BCUT2D eigenvalue weighted by Crippen LogP contribution is -2.34. The molecule has 7 nitrogen and oxygen atoms in total. The second-order valence-corrected chi connectivity index (χ2v) is 6.13. The van der Waals surface area contributed by atoms with Crippen LogP contribution < -0.4 is 25.3 Å². The third-order valence-corrected chi connectivity index (χ3v) is 3.94. The number of nitrogens with one attached hydrogen (secondary N) is 1. The van der Waals surface area contributed by atoms with Crippen LogP contribution in [0.2, 0.25) is 0 Å². The van der Waals surface area contributed by atoms with E-state index in [0.717, 1.165) is 0 Å². The average molecular weight is 390 g/mol. The van der Waals surface area contributed by atoms with Gasteiger partial charge in [0.15, 0.2) is 18.1 Å². The second kappa shape index (κ2) is 9.59. The van der Waals surface area contributed by atoms with Crippen molar-refractivity contribution >= 4 is 11.8 Å². The number of hydrogen-bond acceptors (Lipinski definition) is 5. The Morgan fingerprint density at radius 2 is 1.75 bits per heavy atom. The van der Waals surface area contributed by atoms with E-state index in [2.05, 4.69) is 5.32 Å². The molecule has 0 spiro atoms. The van der Waals surface area contributed by atoms with Crippen LogP contribution in [-0.4, -0.2) is 38.7 Å². The molecule has 150 valence electrons. The molecule has 0 fully saturated rings. The number of carbonyl (C=O) groups is 2. The van der Waals surface area contributed by atoms with Gasteiger partial charge in [0.2, 0.25) is 5.75 Å². The van der Waals surface area contributed by atoms with Gasteiger partial charge in [-0.15, -0.1) is 0 Å². The van der Waals surface area contributed by atoms with Gasteiger partial charge in [-0.3, -0.25) is 9.59 Å². The van der Waals surface area contributed by atoms with Crippen molar-refractivity contribution in [2.75, 3.05) is 20.8 Å². The number of methoxy groups -OCH3 is 2. The van der Waals surface area contributed by atoms with E-state index in [9.17, 15) is 14.0 Å². The first-order valence-electron chi connectivity index (χ1n) is 8.57. The largest absolute Gasteiger partial charge is 0.493 e. The molecule has 2 rings (SSSR count). The van der Waals surface area contributed by atoms with Crippen LogP contribution in [0.3, 0.4) is 0 Å². The fourth-order valence-corrected chi connectivity index (χ4v) is 2.65. The average Bonchev–Trinajstić information content (AvgIpc) is 2.67. The first kappa shape index (κ1) is 21.0. The van der Waals surface area contributed by atoms with Crippen LogP contribution in [0.25, 0.3) is 0 Å². The van der Waals surface area contributed by atoms with Crippen LogP contribution in [0.1, 0.15) is 22.8 Å². The molecule has 0 aromatic heterocycles. The fourth-order valence-electron chi connectivity index (χ4n) is 2.65. The minimum Gasteiger partial charge on any atom is -0.493 e. The van der Waals surface area contributed by atoms with Gasteiger partial charge in [-0.2, -0.15) is 0 Å². The lowest BCUT2D eigenvalue weighted by Gasteiger charge is -2.17. The van der Waals surface area contributed by atoms with E-state index in [-0.39, 0.29) is 47.2 Å². The number of nitrogens with two attached hydrogens (primary N) is 1. The van der Waals surface area contributed by atoms with Crippen molar-refractivity contribution in [3.05, 3.63) is 53.3 Å². The molecule has 0 radical (unpaired) electrons. The summed E-state index contributed by atoms with van der Waals surface area (Å²) in [5.41, 5.74) is 5.87. The number of hydrogen-bond donors (Lipinski definition) is 2. The highest BCUT2D eigenvalue weighted by Crippen LogP contribution is 2.38. The van der Waals surface area contributed by atoms with E-state index in [4.69, 9.17) is 19.9 Å². The molecular formula is C20H23FN2O5. The van der Waals surface area contributed by atoms with Crippen LogP contribution >= 0.6 is 0 Å². The zero-order valence-electron chi connectivity index (χ0n) is 16.0. The Bertz CT molecular complexity index is 831. The van der Waals surface area contributed by atoms with Gasteiger partial charge >= 0.3 is 0 Å². The van der Waals surface area contributed by atoms with E-state index < -0.39 is 5.91 Å². The monoisotopic (exact) mass is 390 g/mol. The Kier molecular flexibility index (Phi) is 7.20. The third-order valence-electron chi connectivity index (χ3n) is 3.94. The number of rotatable bonds is 9. The number of benzene rings is 2. The molecule has 2 amide bonds. The van der Waals surface area contributed by atoms with Crippen molar-refractivity contribution in [2.24, 2.45) is 5.73 Å². The van der Waals surface area contributed by atoms with Gasteiger partial charge in [0.25, 0.3) is 11.8 Å². The maximum atomic E-state index is 13.8. The van der Waals surface area contributed by atoms with Crippen LogP contribution in [-0.2, 0) is 11.2 Å². The molecule has 0 saturated heterocycles. The number of halogens is 1. The number of amides is 2. The van der Waals surface area contributed by atoms with Gasteiger partial charge in [-0.25, -0.2) is 4.39 Å². The second-order valence-electron chi connectivity index (χ2n) is 6.13. The number of ether oxygens (including phenoxy) is 3. The third kappa shape index (κ3) is 5.35. The van der Waals surface area contributed by atoms with Crippen LogP contribution in [0.5, 0.6) is 17.2 Å². The molecule has 3 N–H and O–H groups in total. The first-order valence-corrected chi connectivity index (χ1v) is 8.57. The van der Waals surface area contributed by atoms with Crippen LogP contribution in [0.15, 0.2) is 36.4 Å². The van der Waals surface area contributed by atoms with Gasteiger partial charge < -0.3 is 25.3 Å². The molecule has 2 aromatic carbocycles. The van der Waals surface area contributed by atoms with Crippen molar-refractivity contribution in [2.45, 2.75) is 19.4 Å². The molecule has 0 aliphatic carbocycles. The topological polar surface area (TPSA) is 99.9 Å². The van der Waals surface area contributed by atoms with E-state index in [1.807, 2.05) is 0 Å². The summed E-state index contributed by atoms with van der Waals surface area (Å²) < 4.78 is 29.6. The lowest BCUT2D eigenvalue weighted by molar-refractivity contribution is -0.120. The highest BCUT2D eigenvalue weighted by atomic mass is 19.1. The van der Waals surface area contributed by atoms with E-state index in [1.54, 1.807) is 25.1 Å². The predicted octanol–water partition coefficient (Wildman–Crippen LogP) is 2.07. The van der Waals surface area contributed by atoms with E-state index in [0.29, 0.717) is 12.0 Å². The molecule has 1 unspecified atom stereocenters. The number of carbonyl (C=O) groups excluding carboxylic acids is 2. The van der Waals surface area contributed by atoms with E-state index >= 15 is 0 Å². The molecule has 0 aliphatic heterocycles. The van der Waals surface area contributed by atoms with Gasteiger partial charge in [-0.1, -0.05) is 18.2 Å². The molecule has 8 heteroatoms. The molecule has 1 atom stereocenters. The Hall–Kier alpha value is -3.29. The molecular weight excluding hydrogens is 367 g/mol. The Balaban J connectivity index is 2.18. The molecule has 0 bridgehead atoms. The number of primary amides is 1. The fraction of sp³-hybridized carbons (Fsp3) is 0.300. The maximum Gasteiger partial charge on any atom is 0.255 e. The van der Waals surface area contributed by atoms with Crippen molar-refractivity contribution in [3.8, 4) is 17.2 Å². The van der Waals surface area contributed by atoms with Gasteiger partial charge in [0.05, 0.1) is 14.2 Å². The molecule has 0 aliphatic rings. The maximum absolute atomic E-state index is 13.8. The smallest absolute Gasteiger partial charge is 0.255 e. The standard InChI is InChI=1S/C20H23FN2O5/c1-12(8-13-6-4-5-7-15(13)21)23-20(25)14-9-16(26-2)19(17(10-14)27-3)28-11-18(22)24/h4-7,9-10,12H,8,11H2,1-3H3,(H2,22,24)(H,23,25). The highest BCUT2D eigenvalue weighted by Gasteiger charge is 2.19. The van der Waals surface area contributed by atoms with Gasteiger partial charge in [0, 0.05) is 11.6 Å². The SMILES string of the molecule is COc1cc(C(=O)NC(C)Cc2ccccc2F)cc(OC)c1OCC(N)=O. The summed E-state index contributed by atoms with van der Waals surface area (Å²) in [6.07, 6.45) is 0.340. The van der Waals surface area contributed by atoms with Crippen molar-refractivity contribution in [1.29, 1.82) is 0 Å². The minimum atomic E-state index is -0.659. The highest BCUT2D eigenvalue weighted by molar-refractivity contribution is 5.95. The summed E-state index contributed by atoms with van der Waals surface area (Å²) >= 11 is 0. The quantitative estimate of drug-likeness (QED) is 0.683. The Morgan fingerprint density at radius 1 is 1.14 bits per heavy atom. The van der Waals surface area contributed by atoms with Gasteiger partial charge in [-0.05, 0) is 37.1 Å². The zero-order valence-corrected chi connectivity index (χ0v) is 16.0. The summed E-state index contributed by atoms with van der Waals surface area (Å²) in [5, 5.41) is 2.81. The molecule has 0 saturated carbocycles. The summed E-state index contributed by atoms with van der Waals surface area (Å²) in [6, 6.07) is 9.02. The Labute approximate surface area is 162 Å². The van der Waals surface area contributed by atoms with Crippen molar-refractivity contribution in [3.63, 3.8) is 0 Å². The minimum absolute atomic E-state index is 0.166. The summed E-state index contributed by atoms with van der Waals surface area (Å²) in [5.74, 6) is -0.766. The summed E-state index contributed by atoms with van der Waals surface area (Å²) in [6.45, 7) is 1.42. The van der Waals surface area contributed by atoms with E-state index in [1.165, 1.54) is 32.4 Å². The molecule has 0 heterocycles. The first-order chi connectivity index (χ1) is 13.3. The van der Waals surface area contributed by atoms with Crippen LogP contribution in [0, 0.1) is 5.82 Å². The van der Waals surface area contributed by atoms with Crippen molar-refractivity contribution in [1.82, 2.24) is 5.32 Å². The summed E-state index contributed by atoms with van der Waals surface area (Å²) in [4.78, 5) is 23.6. The molecule has 28 heavy (non-hydrogen) atoms. The summed E-state index contributed by atoms with van der Waals surface area (Å²) in [7, 11) is 2.79. The van der Waals surface area contributed by atoms with Crippen molar-refractivity contribution < 1.29 is 28.2 Å². The van der Waals surface area contributed by atoms with Gasteiger partial charge in [0.1, 0.15) is 5.82 Å².